The third-order valence-corrected chi connectivity index (χ3v) is 3.26. The summed E-state index contributed by atoms with van der Waals surface area (Å²) in [4.78, 5) is 12.0. The third kappa shape index (κ3) is 3.76. The van der Waals surface area contributed by atoms with E-state index < -0.39 is 0 Å². The highest BCUT2D eigenvalue weighted by Crippen LogP contribution is 2.07. The molecule has 0 unspecified atom stereocenters. The van der Waals surface area contributed by atoms with Gasteiger partial charge in [0, 0.05) is 0 Å². The van der Waals surface area contributed by atoms with Gasteiger partial charge >= 0.3 is 0 Å². The molecule has 0 saturated heterocycles. The van der Waals surface area contributed by atoms with Gasteiger partial charge in [-0.2, -0.15) is 4.68 Å². The second-order valence-electron chi connectivity index (χ2n) is 4.92. The molecule has 2 aromatic carbocycles. The molecule has 0 aliphatic carbocycles. The fourth-order valence-corrected chi connectivity index (χ4v) is 2.11. The van der Waals surface area contributed by atoms with Crippen LogP contribution >= 0.6 is 0 Å². The first-order valence-electron chi connectivity index (χ1n) is 7.06. The first-order chi connectivity index (χ1) is 11.2. The summed E-state index contributed by atoms with van der Waals surface area (Å²) in [6, 6.07) is 15.3. The van der Waals surface area contributed by atoms with Gasteiger partial charge in [0.2, 0.25) is 5.91 Å². The number of halogens is 1. The summed E-state index contributed by atoms with van der Waals surface area (Å²) in [6.07, 6.45) is 0.174. The second-order valence-corrected chi connectivity index (χ2v) is 4.92. The summed E-state index contributed by atoms with van der Waals surface area (Å²) in [7, 11) is 0. The number of carbonyl (C=O) groups excluding carboxylic acids is 1. The van der Waals surface area contributed by atoms with Crippen molar-refractivity contribution >= 4 is 5.91 Å². The van der Waals surface area contributed by atoms with Crippen LogP contribution in [-0.4, -0.2) is 26.1 Å². The number of nitrogens with zero attached hydrogens (tertiary/aromatic N) is 4. The number of aromatic nitrogens is 4. The summed E-state index contributed by atoms with van der Waals surface area (Å²) in [5, 5.41) is 14.2. The van der Waals surface area contributed by atoms with Gasteiger partial charge in [0.25, 0.3) is 0 Å². The van der Waals surface area contributed by atoms with Gasteiger partial charge in [0.15, 0.2) is 5.82 Å². The Balaban J connectivity index is 1.62. The average Bonchev–Trinajstić information content (AvgIpc) is 3.04. The number of tetrazole rings is 1. The van der Waals surface area contributed by atoms with Crippen LogP contribution in [0.25, 0.3) is 5.69 Å². The van der Waals surface area contributed by atoms with Crippen molar-refractivity contribution in [3.63, 3.8) is 0 Å². The molecule has 0 radical (unpaired) electrons. The van der Waals surface area contributed by atoms with Crippen molar-refractivity contribution in [2.45, 2.75) is 13.0 Å². The smallest absolute Gasteiger partial charge is 0.224 e. The number of rotatable bonds is 5. The Bertz CT molecular complexity index is 786. The molecule has 0 spiro atoms. The van der Waals surface area contributed by atoms with Crippen molar-refractivity contribution in [2.75, 3.05) is 0 Å². The lowest BCUT2D eigenvalue weighted by Crippen LogP contribution is -2.26. The number of carbonyl (C=O) groups is 1. The maximum atomic E-state index is 12.8. The molecule has 1 N–H and O–H groups in total. The van der Waals surface area contributed by atoms with Crippen molar-refractivity contribution in [3.05, 3.63) is 71.8 Å². The Labute approximate surface area is 132 Å². The lowest BCUT2D eigenvalue weighted by atomic mass is 10.1. The molecule has 3 aromatic rings. The van der Waals surface area contributed by atoms with Crippen LogP contribution in [0.3, 0.4) is 0 Å². The van der Waals surface area contributed by atoms with Gasteiger partial charge in [-0.1, -0.05) is 30.3 Å². The van der Waals surface area contributed by atoms with Gasteiger partial charge in [-0.25, -0.2) is 4.39 Å². The van der Waals surface area contributed by atoms with E-state index in [0.29, 0.717) is 5.82 Å². The maximum Gasteiger partial charge on any atom is 0.224 e. The zero-order chi connectivity index (χ0) is 16.1. The largest absolute Gasteiger partial charge is 0.348 e. The summed E-state index contributed by atoms with van der Waals surface area (Å²) < 4.78 is 14.4. The van der Waals surface area contributed by atoms with Crippen LogP contribution < -0.4 is 5.32 Å². The highest BCUT2D eigenvalue weighted by atomic mass is 19.1. The molecule has 6 nitrogen and oxygen atoms in total. The molecule has 0 aliphatic heterocycles. The van der Waals surface area contributed by atoms with Gasteiger partial charge in [-0.15, -0.1) is 5.10 Å². The van der Waals surface area contributed by atoms with Gasteiger partial charge in [-0.05, 0) is 40.3 Å². The molecule has 1 amide bonds. The minimum atomic E-state index is -0.323. The fraction of sp³-hybridized carbons (Fsp3) is 0.125. The Kier molecular flexibility index (Phi) is 4.37. The molecule has 0 bridgehead atoms. The molecule has 0 saturated carbocycles. The zero-order valence-corrected chi connectivity index (χ0v) is 12.2. The number of para-hydroxylation sites is 1. The number of amides is 1. The van der Waals surface area contributed by atoms with Crippen LogP contribution in [0.5, 0.6) is 0 Å². The molecule has 1 heterocycles. The van der Waals surface area contributed by atoms with Gasteiger partial charge in [0.1, 0.15) is 5.82 Å². The van der Waals surface area contributed by atoms with E-state index in [2.05, 4.69) is 20.8 Å². The number of nitrogens with one attached hydrogen (secondary N) is 1. The minimum absolute atomic E-state index is 0.174. The van der Waals surface area contributed by atoms with Crippen LogP contribution in [0.15, 0.2) is 54.6 Å². The van der Waals surface area contributed by atoms with E-state index in [0.717, 1.165) is 11.3 Å². The summed E-state index contributed by atoms with van der Waals surface area (Å²) in [6.45, 7) is 0.210. The van der Waals surface area contributed by atoms with Crippen molar-refractivity contribution in [1.29, 1.82) is 0 Å². The Hall–Kier alpha value is -3.09. The van der Waals surface area contributed by atoms with Gasteiger partial charge in [0.05, 0.1) is 18.7 Å². The second kappa shape index (κ2) is 6.78. The monoisotopic (exact) mass is 311 g/mol. The molecule has 23 heavy (non-hydrogen) atoms. The highest BCUT2D eigenvalue weighted by Gasteiger charge is 2.10. The molecule has 7 heteroatoms. The minimum Gasteiger partial charge on any atom is -0.348 e. The lowest BCUT2D eigenvalue weighted by Gasteiger charge is -2.06. The normalized spacial score (nSPS) is 10.5. The summed E-state index contributed by atoms with van der Waals surface area (Å²) in [5.41, 5.74) is 1.56. The van der Waals surface area contributed by atoms with E-state index in [4.69, 9.17) is 0 Å². The molecule has 3 rings (SSSR count). The van der Waals surface area contributed by atoms with Crippen LogP contribution in [0.1, 0.15) is 11.4 Å². The molecule has 0 aliphatic rings. The van der Waals surface area contributed by atoms with E-state index in [9.17, 15) is 9.18 Å². The van der Waals surface area contributed by atoms with E-state index in [1.807, 2.05) is 30.3 Å². The van der Waals surface area contributed by atoms with Gasteiger partial charge in [-0.3, -0.25) is 4.79 Å². The third-order valence-electron chi connectivity index (χ3n) is 3.26. The molecule has 0 atom stereocenters. The topological polar surface area (TPSA) is 72.7 Å². The summed E-state index contributed by atoms with van der Waals surface area (Å²) >= 11 is 0. The fourth-order valence-electron chi connectivity index (χ4n) is 2.11. The van der Waals surface area contributed by atoms with Crippen molar-refractivity contribution in [3.8, 4) is 5.69 Å². The lowest BCUT2D eigenvalue weighted by molar-refractivity contribution is -0.120. The molecule has 1 aromatic heterocycles. The zero-order valence-electron chi connectivity index (χ0n) is 12.2. The Morgan fingerprint density at radius 2 is 1.83 bits per heavy atom. The maximum absolute atomic E-state index is 12.8. The number of hydrogen-bond donors (Lipinski definition) is 1. The Morgan fingerprint density at radius 1 is 1.09 bits per heavy atom. The predicted octanol–water partition coefficient (Wildman–Crippen LogP) is 1.66. The summed E-state index contributed by atoms with van der Waals surface area (Å²) in [5.74, 6) is 0.0269. The Morgan fingerprint density at radius 3 is 2.57 bits per heavy atom. The van der Waals surface area contributed by atoms with Crippen molar-refractivity contribution in [1.82, 2.24) is 25.5 Å². The van der Waals surface area contributed by atoms with Crippen LogP contribution in [-0.2, 0) is 17.8 Å². The number of benzene rings is 2. The van der Waals surface area contributed by atoms with E-state index in [1.54, 1.807) is 16.8 Å². The van der Waals surface area contributed by atoms with Crippen LogP contribution in [0.2, 0.25) is 0 Å². The SMILES string of the molecule is O=C(Cc1ccc(F)cc1)NCc1nnnn1-c1ccccc1. The molecule has 0 fully saturated rings. The van der Waals surface area contributed by atoms with E-state index in [-0.39, 0.29) is 24.7 Å². The predicted molar refractivity (Wildman–Crippen MR) is 81.1 cm³/mol. The standard InChI is InChI=1S/C16H14FN5O/c17-13-8-6-12(7-9-13)10-16(23)18-11-15-19-20-21-22(15)14-4-2-1-3-5-14/h1-9H,10-11H2,(H,18,23). The van der Waals surface area contributed by atoms with E-state index in [1.165, 1.54) is 12.1 Å². The van der Waals surface area contributed by atoms with E-state index >= 15 is 0 Å². The van der Waals surface area contributed by atoms with Crippen molar-refractivity contribution < 1.29 is 9.18 Å². The first-order valence-corrected chi connectivity index (χ1v) is 7.06. The molecular weight excluding hydrogens is 297 g/mol. The van der Waals surface area contributed by atoms with Gasteiger partial charge < -0.3 is 5.32 Å². The molecular formula is C16H14FN5O. The first kappa shape index (κ1) is 14.8. The van der Waals surface area contributed by atoms with Crippen molar-refractivity contribution in [2.24, 2.45) is 0 Å². The van der Waals surface area contributed by atoms with Crippen LogP contribution in [0.4, 0.5) is 4.39 Å². The average molecular weight is 311 g/mol. The van der Waals surface area contributed by atoms with Crippen LogP contribution in [0, 0.1) is 5.82 Å². The quantitative estimate of drug-likeness (QED) is 0.778. The highest BCUT2D eigenvalue weighted by molar-refractivity contribution is 5.78. The number of hydrogen-bond acceptors (Lipinski definition) is 4. The molecule has 116 valence electrons.